The van der Waals surface area contributed by atoms with Crippen LogP contribution in [0.1, 0.15) is 12.5 Å². The summed E-state index contributed by atoms with van der Waals surface area (Å²) < 4.78 is 16.4. The van der Waals surface area contributed by atoms with E-state index in [4.69, 9.17) is 25.8 Å². The molecule has 4 rings (SSSR count). The molecular formula is C27H21ClN4O10S. The summed E-state index contributed by atoms with van der Waals surface area (Å²) in [5.41, 5.74) is -0.315. The van der Waals surface area contributed by atoms with Gasteiger partial charge in [0.2, 0.25) is 11.7 Å². The molecular weight excluding hydrogens is 608 g/mol. The van der Waals surface area contributed by atoms with Gasteiger partial charge in [0.05, 0.1) is 39.6 Å². The summed E-state index contributed by atoms with van der Waals surface area (Å²) >= 11 is 6.72. The van der Waals surface area contributed by atoms with E-state index in [-0.39, 0.29) is 33.8 Å². The van der Waals surface area contributed by atoms with Crippen LogP contribution in [0.3, 0.4) is 0 Å². The molecule has 3 aromatic carbocycles. The first-order chi connectivity index (χ1) is 20.5. The van der Waals surface area contributed by atoms with E-state index in [0.29, 0.717) is 28.8 Å². The van der Waals surface area contributed by atoms with Crippen molar-refractivity contribution in [1.82, 2.24) is 4.90 Å². The molecule has 1 fully saturated rings. The maximum Gasteiger partial charge on any atom is 0.318 e. The molecule has 0 spiro atoms. The van der Waals surface area contributed by atoms with Gasteiger partial charge in [-0.2, -0.15) is 0 Å². The second-order valence-corrected chi connectivity index (χ2v) is 9.97. The predicted molar refractivity (Wildman–Crippen MR) is 157 cm³/mol. The number of halogens is 1. The number of nitrogens with zero attached hydrogens (tertiary/aromatic N) is 3. The van der Waals surface area contributed by atoms with Crippen LogP contribution in [0, 0.1) is 20.2 Å². The van der Waals surface area contributed by atoms with Crippen LogP contribution in [0.25, 0.3) is 6.08 Å². The van der Waals surface area contributed by atoms with E-state index in [1.54, 1.807) is 19.1 Å². The minimum absolute atomic E-state index is 0.0485. The number of methoxy groups -OCH3 is 1. The molecule has 1 N–H and O–H groups in total. The Hall–Kier alpha value is -5.15. The Morgan fingerprint density at radius 2 is 1.72 bits per heavy atom. The minimum atomic E-state index is -0.806. The smallest absolute Gasteiger partial charge is 0.318 e. The summed E-state index contributed by atoms with van der Waals surface area (Å²) in [6.45, 7) is 1.35. The van der Waals surface area contributed by atoms with E-state index in [2.05, 4.69) is 5.32 Å². The first-order valence-electron chi connectivity index (χ1n) is 12.3. The van der Waals surface area contributed by atoms with E-state index in [0.717, 1.165) is 23.1 Å². The number of carbonyl (C=O) groups is 3. The summed E-state index contributed by atoms with van der Waals surface area (Å²) in [6, 6.07) is 12.0. The number of nitrogens with one attached hydrogen (secondary N) is 1. The molecule has 1 heterocycles. The lowest BCUT2D eigenvalue weighted by atomic mass is 10.1. The average molecular weight is 629 g/mol. The molecule has 0 atom stereocenters. The fourth-order valence-corrected chi connectivity index (χ4v) is 4.91. The topological polar surface area (TPSA) is 180 Å². The number of imide groups is 1. The van der Waals surface area contributed by atoms with Gasteiger partial charge >= 0.3 is 5.69 Å². The quantitative estimate of drug-likeness (QED) is 0.149. The van der Waals surface area contributed by atoms with Crippen molar-refractivity contribution >= 4 is 63.6 Å². The Morgan fingerprint density at radius 3 is 2.37 bits per heavy atom. The normalized spacial score (nSPS) is 13.7. The lowest BCUT2D eigenvalue weighted by Crippen LogP contribution is -2.36. The Morgan fingerprint density at radius 1 is 1.00 bits per heavy atom. The maximum absolute atomic E-state index is 13.0. The zero-order chi connectivity index (χ0) is 31.3. The molecule has 16 heteroatoms. The molecule has 0 radical (unpaired) electrons. The number of nitro groups is 2. The molecule has 0 aromatic heterocycles. The molecule has 1 saturated heterocycles. The van der Waals surface area contributed by atoms with Gasteiger partial charge in [0.15, 0.2) is 11.5 Å². The second kappa shape index (κ2) is 13.2. The molecule has 222 valence electrons. The number of hydrogen-bond donors (Lipinski definition) is 1. The van der Waals surface area contributed by atoms with Crippen molar-refractivity contribution in [2.45, 2.75) is 6.92 Å². The molecule has 1 aliphatic rings. The Bertz CT molecular complexity index is 1680. The van der Waals surface area contributed by atoms with Crippen molar-refractivity contribution in [3.8, 4) is 23.0 Å². The van der Waals surface area contributed by atoms with Crippen molar-refractivity contribution in [2.75, 3.05) is 25.6 Å². The summed E-state index contributed by atoms with van der Waals surface area (Å²) in [5.74, 6) is -0.918. The third-order valence-corrected chi connectivity index (χ3v) is 6.95. The highest BCUT2D eigenvalue weighted by atomic mass is 35.5. The fraction of sp³-hybridized carbons (Fsp3) is 0.148. The second-order valence-electron chi connectivity index (χ2n) is 8.57. The highest BCUT2D eigenvalue weighted by molar-refractivity contribution is 8.18. The van der Waals surface area contributed by atoms with Crippen LogP contribution in [0.15, 0.2) is 59.5 Å². The van der Waals surface area contributed by atoms with Crippen LogP contribution in [0.4, 0.5) is 21.9 Å². The maximum atomic E-state index is 13.0. The van der Waals surface area contributed by atoms with Gasteiger partial charge in [-0.1, -0.05) is 17.7 Å². The third kappa shape index (κ3) is 7.20. The van der Waals surface area contributed by atoms with Gasteiger partial charge in [-0.25, -0.2) is 0 Å². The van der Waals surface area contributed by atoms with Crippen molar-refractivity contribution in [3.05, 3.63) is 90.3 Å². The zero-order valence-electron chi connectivity index (χ0n) is 22.4. The number of non-ortho nitro benzene ring substituents is 1. The molecule has 0 unspecified atom stereocenters. The van der Waals surface area contributed by atoms with Crippen LogP contribution in [0.5, 0.6) is 23.0 Å². The average Bonchev–Trinajstić information content (AvgIpc) is 3.21. The highest BCUT2D eigenvalue weighted by Crippen LogP contribution is 2.40. The minimum Gasteiger partial charge on any atom is -0.495 e. The number of anilines is 1. The number of ether oxygens (including phenoxy) is 3. The number of nitro benzene ring substituents is 2. The predicted octanol–water partition coefficient (Wildman–Crippen LogP) is 6.03. The van der Waals surface area contributed by atoms with Crippen molar-refractivity contribution in [3.63, 3.8) is 0 Å². The molecule has 0 aliphatic carbocycles. The van der Waals surface area contributed by atoms with E-state index in [1.165, 1.54) is 37.5 Å². The third-order valence-electron chi connectivity index (χ3n) is 5.75. The lowest BCUT2D eigenvalue weighted by molar-refractivity contribution is -0.394. The van der Waals surface area contributed by atoms with Crippen molar-refractivity contribution in [1.29, 1.82) is 0 Å². The van der Waals surface area contributed by atoms with Gasteiger partial charge in [-0.05, 0) is 66.7 Å². The van der Waals surface area contributed by atoms with Crippen LogP contribution < -0.4 is 19.5 Å². The van der Waals surface area contributed by atoms with Gasteiger partial charge in [0.25, 0.3) is 16.8 Å². The summed E-state index contributed by atoms with van der Waals surface area (Å²) in [6.07, 6.45) is 1.42. The highest BCUT2D eigenvalue weighted by Gasteiger charge is 2.36. The van der Waals surface area contributed by atoms with Crippen LogP contribution >= 0.6 is 23.4 Å². The Labute approximate surface area is 252 Å². The number of thioether (sulfide) groups is 1. The van der Waals surface area contributed by atoms with Gasteiger partial charge in [-0.15, -0.1) is 0 Å². The largest absolute Gasteiger partial charge is 0.495 e. The molecule has 1 aliphatic heterocycles. The molecule has 43 heavy (non-hydrogen) atoms. The van der Waals surface area contributed by atoms with E-state index >= 15 is 0 Å². The molecule has 3 aromatic rings. The number of amides is 3. The Balaban J connectivity index is 1.51. The van der Waals surface area contributed by atoms with Crippen LogP contribution in [-0.4, -0.2) is 52.1 Å². The van der Waals surface area contributed by atoms with E-state index < -0.39 is 44.8 Å². The van der Waals surface area contributed by atoms with Gasteiger partial charge in [0, 0.05) is 11.8 Å². The SMILES string of the molecule is CCOc1cc(/C=C2/SC(=O)N(CC(=O)Nc3ccc(OC)c(Cl)c3)C2=O)ccc1Oc1ccc([N+](=O)[O-])cc1[N+](=O)[O-]. The van der Waals surface area contributed by atoms with Gasteiger partial charge in [0.1, 0.15) is 12.3 Å². The van der Waals surface area contributed by atoms with Crippen LogP contribution in [-0.2, 0) is 9.59 Å². The molecule has 0 saturated carbocycles. The molecule has 14 nitrogen and oxygen atoms in total. The van der Waals surface area contributed by atoms with Crippen LogP contribution in [0.2, 0.25) is 5.02 Å². The summed E-state index contributed by atoms with van der Waals surface area (Å²) in [7, 11) is 1.45. The van der Waals surface area contributed by atoms with E-state index in [1.807, 2.05) is 0 Å². The Kier molecular flexibility index (Phi) is 9.47. The lowest BCUT2D eigenvalue weighted by Gasteiger charge is -2.13. The number of rotatable bonds is 11. The number of hydrogen-bond acceptors (Lipinski definition) is 11. The van der Waals surface area contributed by atoms with Gasteiger partial charge < -0.3 is 19.5 Å². The van der Waals surface area contributed by atoms with Crippen molar-refractivity contribution < 1.29 is 38.4 Å². The first-order valence-corrected chi connectivity index (χ1v) is 13.5. The van der Waals surface area contributed by atoms with E-state index in [9.17, 15) is 34.6 Å². The summed E-state index contributed by atoms with van der Waals surface area (Å²) in [5, 5.41) is 24.7. The van der Waals surface area contributed by atoms with Gasteiger partial charge in [-0.3, -0.25) is 39.5 Å². The fourth-order valence-electron chi connectivity index (χ4n) is 3.81. The number of carbonyl (C=O) groups excluding carboxylic acids is 3. The first kappa shape index (κ1) is 30.8. The number of benzene rings is 3. The molecule has 3 amide bonds. The monoisotopic (exact) mass is 628 g/mol. The summed E-state index contributed by atoms with van der Waals surface area (Å²) in [4.78, 5) is 59.9. The molecule has 0 bridgehead atoms. The zero-order valence-corrected chi connectivity index (χ0v) is 24.0. The van der Waals surface area contributed by atoms with Crippen molar-refractivity contribution in [2.24, 2.45) is 0 Å². The standard InChI is InChI=1S/C27H21ClN4O10S/c1-3-41-23-10-15(4-7-22(23)42-21-9-6-17(31(36)37)13-19(21)32(38)39)11-24-26(34)30(27(35)43-24)14-25(33)29-16-5-8-20(40-2)18(28)12-16/h4-13H,3,14H2,1-2H3,(H,29,33)/b24-11+.